The van der Waals surface area contributed by atoms with E-state index in [9.17, 15) is 22.8 Å². The molecule has 0 amide bonds. The van der Waals surface area contributed by atoms with E-state index in [1.807, 2.05) is 0 Å². The highest BCUT2D eigenvalue weighted by Gasteiger charge is 2.30. The Morgan fingerprint density at radius 2 is 1.39 bits per heavy atom. The quantitative estimate of drug-likeness (QED) is 0.355. The van der Waals surface area contributed by atoms with Crippen LogP contribution < -0.4 is 15.9 Å². The van der Waals surface area contributed by atoms with Gasteiger partial charge in [-0.2, -0.15) is 28.5 Å². The predicted molar refractivity (Wildman–Crippen MR) is 137 cm³/mol. The second-order valence-electron chi connectivity index (χ2n) is 8.20. The normalized spacial score (nSPS) is 11.2. The zero-order chi connectivity index (χ0) is 28.5. The maximum Gasteiger partial charge on any atom is 0.416 e. The Balaban J connectivity index is 0.000000304. The summed E-state index contributed by atoms with van der Waals surface area (Å²) in [6.07, 6.45) is -4.40. The number of methoxy groups -OCH3 is 1. The van der Waals surface area contributed by atoms with Crippen LogP contribution in [0.3, 0.4) is 0 Å². The van der Waals surface area contributed by atoms with Gasteiger partial charge in [0.05, 0.1) is 29.1 Å². The van der Waals surface area contributed by atoms with Gasteiger partial charge in [0.25, 0.3) is 11.1 Å². The number of nitrogens with zero attached hydrogens (tertiary/aromatic N) is 6. The number of aryl methyl sites for hydroxylation is 5. The molecule has 0 bridgehead atoms. The second kappa shape index (κ2) is 11.0. The zero-order valence-electron chi connectivity index (χ0n) is 21.2. The minimum atomic E-state index is -4.40. The Bertz CT molecular complexity index is 1610. The largest absolute Gasteiger partial charge is 0.492 e. The van der Waals surface area contributed by atoms with E-state index in [0.29, 0.717) is 34.1 Å². The first-order valence-electron chi connectivity index (χ1n) is 10.9. The van der Waals surface area contributed by atoms with Crippen LogP contribution in [0.15, 0.2) is 39.9 Å². The standard InChI is InChI=1S/C18H17F3N4O2.C6H6Cl2N2O/c1-10-9-14(12-5-7-13(8-6-12)18(19,20)21)23-25(10)15-16(27-4)11(2)22-24(3)17(15)26;1-3-4(7)5(8)6(11)10(2)9-3/h5-9H,1-4H3;1-2H3. The van der Waals surface area contributed by atoms with Crippen molar-refractivity contribution < 1.29 is 17.9 Å². The van der Waals surface area contributed by atoms with E-state index in [-0.39, 0.29) is 21.3 Å². The molecule has 202 valence electrons. The molecule has 9 nitrogen and oxygen atoms in total. The van der Waals surface area contributed by atoms with Crippen molar-refractivity contribution >= 4 is 23.2 Å². The molecule has 0 fully saturated rings. The van der Waals surface area contributed by atoms with Crippen molar-refractivity contribution in [3.05, 3.63) is 83.7 Å². The average Bonchev–Trinajstić information content (AvgIpc) is 3.24. The Kier molecular flexibility index (Phi) is 8.37. The molecule has 3 aromatic heterocycles. The molecule has 0 aliphatic carbocycles. The smallest absolute Gasteiger partial charge is 0.416 e. The van der Waals surface area contributed by atoms with Crippen molar-refractivity contribution in [2.75, 3.05) is 7.11 Å². The van der Waals surface area contributed by atoms with E-state index in [4.69, 9.17) is 27.9 Å². The van der Waals surface area contributed by atoms with Gasteiger partial charge in [-0.25, -0.2) is 14.0 Å². The summed E-state index contributed by atoms with van der Waals surface area (Å²) in [4.78, 5) is 23.6. The molecule has 0 unspecified atom stereocenters. The van der Waals surface area contributed by atoms with Gasteiger partial charge in [0.1, 0.15) is 10.7 Å². The van der Waals surface area contributed by atoms with E-state index >= 15 is 0 Å². The fourth-order valence-corrected chi connectivity index (χ4v) is 3.93. The van der Waals surface area contributed by atoms with Crippen molar-refractivity contribution in [1.29, 1.82) is 0 Å². The lowest BCUT2D eigenvalue weighted by atomic mass is 10.1. The monoisotopic (exact) mass is 570 g/mol. The molecule has 14 heteroatoms. The second-order valence-corrected chi connectivity index (χ2v) is 8.95. The maximum atomic E-state index is 12.7. The molecule has 4 rings (SSSR count). The van der Waals surface area contributed by atoms with Crippen LogP contribution in [0.2, 0.25) is 10.0 Å². The van der Waals surface area contributed by atoms with Crippen LogP contribution >= 0.6 is 23.2 Å². The van der Waals surface area contributed by atoms with E-state index in [0.717, 1.165) is 16.8 Å². The van der Waals surface area contributed by atoms with Crippen LogP contribution in [-0.2, 0) is 20.3 Å². The molecule has 0 spiro atoms. The topological polar surface area (TPSA) is 96.8 Å². The van der Waals surface area contributed by atoms with Gasteiger partial charge in [-0.3, -0.25) is 9.59 Å². The van der Waals surface area contributed by atoms with E-state index in [1.165, 1.54) is 42.7 Å². The van der Waals surface area contributed by atoms with Crippen LogP contribution in [0.4, 0.5) is 13.2 Å². The first-order chi connectivity index (χ1) is 17.7. The summed E-state index contributed by atoms with van der Waals surface area (Å²) >= 11 is 11.2. The molecule has 0 saturated heterocycles. The summed E-state index contributed by atoms with van der Waals surface area (Å²) < 4.78 is 47.3. The minimum absolute atomic E-state index is 0.0293. The highest BCUT2D eigenvalue weighted by Crippen LogP contribution is 2.31. The fraction of sp³-hybridized carbons (Fsp3) is 0.292. The maximum absolute atomic E-state index is 12.7. The predicted octanol–water partition coefficient (Wildman–Crippen LogP) is 4.67. The molecule has 38 heavy (non-hydrogen) atoms. The summed E-state index contributed by atoms with van der Waals surface area (Å²) in [6.45, 7) is 5.14. The first-order valence-corrected chi connectivity index (χ1v) is 11.7. The number of ether oxygens (including phenoxy) is 1. The molecule has 4 aromatic rings. The van der Waals surface area contributed by atoms with Crippen molar-refractivity contribution in [3.8, 4) is 22.7 Å². The number of aromatic nitrogens is 6. The minimum Gasteiger partial charge on any atom is -0.492 e. The summed E-state index contributed by atoms with van der Waals surface area (Å²) in [5, 5.41) is 12.6. The van der Waals surface area contributed by atoms with Crippen LogP contribution in [0.1, 0.15) is 22.6 Å². The van der Waals surface area contributed by atoms with Gasteiger partial charge in [-0.1, -0.05) is 35.3 Å². The molecular formula is C24H23Cl2F3N6O3. The van der Waals surface area contributed by atoms with Gasteiger partial charge in [0.2, 0.25) is 0 Å². The van der Waals surface area contributed by atoms with Crippen LogP contribution in [0, 0.1) is 20.8 Å². The van der Waals surface area contributed by atoms with Gasteiger partial charge >= 0.3 is 6.18 Å². The van der Waals surface area contributed by atoms with E-state index < -0.39 is 17.3 Å². The van der Waals surface area contributed by atoms with Crippen LogP contribution in [0.25, 0.3) is 16.9 Å². The third-order valence-corrected chi connectivity index (χ3v) is 6.35. The average molecular weight is 571 g/mol. The van der Waals surface area contributed by atoms with E-state index in [1.54, 1.807) is 26.8 Å². The Hall–Kier alpha value is -3.64. The number of hydrogen-bond donors (Lipinski definition) is 0. The third-order valence-electron chi connectivity index (χ3n) is 5.44. The first kappa shape index (κ1) is 28.9. The molecule has 0 radical (unpaired) electrons. The van der Waals surface area contributed by atoms with Crippen molar-refractivity contribution in [1.82, 2.24) is 29.3 Å². The molecule has 0 N–H and O–H groups in total. The van der Waals surface area contributed by atoms with Gasteiger partial charge in [-0.15, -0.1) is 0 Å². The SMILES string of the molecule is COc1c(C)nn(C)c(=O)c1-n1nc(-c2ccc(C(F)(F)F)cc2)cc1C.Cc1nn(C)c(=O)c(Cl)c1Cl. The summed E-state index contributed by atoms with van der Waals surface area (Å²) in [5.74, 6) is 0.295. The lowest BCUT2D eigenvalue weighted by Crippen LogP contribution is -2.27. The molecule has 0 atom stereocenters. The number of benzene rings is 1. The highest BCUT2D eigenvalue weighted by atomic mass is 35.5. The lowest BCUT2D eigenvalue weighted by molar-refractivity contribution is -0.137. The Morgan fingerprint density at radius 3 is 1.95 bits per heavy atom. The fourth-order valence-electron chi connectivity index (χ4n) is 3.55. The molecule has 0 aliphatic rings. The van der Waals surface area contributed by atoms with Crippen molar-refractivity contribution in [3.63, 3.8) is 0 Å². The van der Waals surface area contributed by atoms with Crippen molar-refractivity contribution in [2.45, 2.75) is 26.9 Å². The zero-order valence-corrected chi connectivity index (χ0v) is 22.7. The highest BCUT2D eigenvalue weighted by molar-refractivity contribution is 6.42. The number of rotatable bonds is 3. The third kappa shape index (κ3) is 5.76. The van der Waals surface area contributed by atoms with Crippen LogP contribution in [-0.4, -0.2) is 36.5 Å². The van der Waals surface area contributed by atoms with Crippen molar-refractivity contribution in [2.24, 2.45) is 14.1 Å². The number of hydrogen-bond acceptors (Lipinski definition) is 6. The van der Waals surface area contributed by atoms with E-state index in [2.05, 4.69) is 15.3 Å². The molecule has 0 aliphatic heterocycles. The molecule has 3 heterocycles. The Morgan fingerprint density at radius 1 is 0.842 bits per heavy atom. The van der Waals surface area contributed by atoms with Crippen LogP contribution in [0.5, 0.6) is 5.75 Å². The molecule has 0 saturated carbocycles. The van der Waals surface area contributed by atoms with Gasteiger partial charge in [0.15, 0.2) is 11.4 Å². The van der Waals surface area contributed by atoms with Gasteiger partial charge in [-0.05, 0) is 39.0 Å². The molecule has 1 aromatic carbocycles. The lowest BCUT2D eigenvalue weighted by Gasteiger charge is -2.12. The van der Waals surface area contributed by atoms with Gasteiger partial charge < -0.3 is 4.74 Å². The van der Waals surface area contributed by atoms with Gasteiger partial charge in [0, 0.05) is 25.4 Å². The summed E-state index contributed by atoms with van der Waals surface area (Å²) in [6, 6.07) is 6.39. The summed E-state index contributed by atoms with van der Waals surface area (Å²) in [7, 11) is 4.48. The number of halogens is 5. The number of alkyl halides is 3. The Labute approximate surface area is 225 Å². The summed E-state index contributed by atoms with van der Waals surface area (Å²) in [5.41, 5.74) is 1.34. The molecular weight excluding hydrogens is 548 g/mol.